The molecular formula is C16H30N2O2. The standard InChI is InChI=1S/C16H30N2O2/c1-3-7-17(8-4-1)11-15-13-20-16(14-19-15)12-18-9-5-2-6-10-18/h15-16H,1-14H2. The minimum Gasteiger partial charge on any atom is -0.372 e. The van der Waals surface area contributed by atoms with Crippen LogP contribution >= 0.6 is 0 Å². The molecule has 20 heavy (non-hydrogen) atoms. The molecule has 0 aromatic heterocycles. The number of ether oxygens (including phenoxy) is 2. The van der Waals surface area contributed by atoms with Gasteiger partial charge in [0.05, 0.1) is 25.4 Å². The Balaban J connectivity index is 1.33. The Morgan fingerprint density at radius 3 is 1.35 bits per heavy atom. The van der Waals surface area contributed by atoms with E-state index in [1.54, 1.807) is 0 Å². The second-order valence-electron chi connectivity index (χ2n) is 6.63. The van der Waals surface area contributed by atoms with E-state index < -0.39 is 0 Å². The molecule has 116 valence electrons. The molecule has 3 aliphatic rings. The summed E-state index contributed by atoms with van der Waals surface area (Å²) in [5.74, 6) is 0. The Morgan fingerprint density at radius 1 is 0.600 bits per heavy atom. The van der Waals surface area contributed by atoms with Gasteiger partial charge in [-0.05, 0) is 51.9 Å². The fraction of sp³-hybridized carbons (Fsp3) is 1.00. The number of hydrogen-bond donors (Lipinski definition) is 0. The summed E-state index contributed by atoms with van der Waals surface area (Å²) in [6.45, 7) is 8.69. The number of piperidine rings is 2. The van der Waals surface area contributed by atoms with E-state index in [4.69, 9.17) is 9.47 Å². The van der Waals surface area contributed by atoms with Crippen LogP contribution in [0.3, 0.4) is 0 Å². The van der Waals surface area contributed by atoms with Crippen molar-refractivity contribution in [3.05, 3.63) is 0 Å². The third kappa shape index (κ3) is 4.42. The van der Waals surface area contributed by atoms with E-state index in [0.717, 1.165) is 26.3 Å². The summed E-state index contributed by atoms with van der Waals surface area (Å²) in [7, 11) is 0. The van der Waals surface area contributed by atoms with Gasteiger partial charge in [0.1, 0.15) is 0 Å². The zero-order valence-electron chi connectivity index (χ0n) is 12.8. The topological polar surface area (TPSA) is 24.9 Å². The molecule has 0 N–H and O–H groups in total. The highest BCUT2D eigenvalue weighted by Crippen LogP contribution is 2.15. The first kappa shape index (κ1) is 14.8. The normalized spacial score (nSPS) is 34.2. The Bertz CT molecular complexity index is 240. The van der Waals surface area contributed by atoms with Crippen molar-refractivity contribution in [3.8, 4) is 0 Å². The Hall–Kier alpha value is -0.160. The molecule has 0 aliphatic carbocycles. The van der Waals surface area contributed by atoms with Gasteiger partial charge in [-0.2, -0.15) is 0 Å². The molecule has 0 amide bonds. The molecular weight excluding hydrogens is 252 g/mol. The van der Waals surface area contributed by atoms with Gasteiger partial charge in [-0.15, -0.1) is 0 Å². The van der Waals surface area contributed by atoms with E-state index in [1.807, 2.05) is 0 Å². The van der Waals surface area contributed by atoms with Gasteiger partial charge in [0, 0.05) is 13.1 Å². The highest BCUT2D eigenvalue weighted by atomic mass is 16.6. The number of hydrogen-bond acceptors (Lipinski definition) is 4. The lowest BCUT2D eigenvalue weighted by molar-refractivity contribution is -0.146. The van der Waals surface area contributed by atoms with Crippen molar-refractivity contribution >= 4 is 0 Å². The van der Waals surface area contributed by atoms with Gasteiger partial charge in [-0.25, -0.2) is 0 Å². The molecule has 4 nitrogen and oxygen atoms in total. The second-order valence-corrected chi connectivity index (χ2v) is 6.63. The van der Waals surface area contributed by atoms with Crippen molar-refractivity contribution in [3.63, 3.8) is 0 Å². The first-order valence-corrected chi connectivity index (χ1v) is 8.58. The lowest BCUT2D eigenvalue weighted by atomic mass is 10.1. The van der Waals surface area contributed by atoms with Crippen LogP contribution < -0.4 is 0 Å². The molecule has 0 spiro atoms. The van der Waals surface area contributed by atoms with Crippen LogP contribution in [0.1, 0.15) is 38.5 Å². The zero-order valence-corrected chi connectivity index (χ0v) is 12.8. The van der Waals surface area contributed by atoms with Crippen molar-refractivity contribution in [1.29, 1.82) is 0 Å². The highest BCUT2D eigenvalue weighted by Gasteiger charge is 2.26. The molecule has 3 rings (SSSR count). The van der Waals surface area contributed by atoms with Gasteiger partial charge in [0.25, 0.3) is 0 Å². The monoisotopic (exact) mass is 282 g/mol. The molecule has 3 aliphatic heterocycles. The quantitative estimate of drug-likeness (QED) is 0.784. The summed E-state index contributed by atoms with van der Waals surface area (Å²) in [6, 6.07) is 0. The number of likely N-dealkylation sites (tertiary alicyclic amines) is 2. The fourth-order valence-corrected chi connectivity index (χ4v) is 3.65. The predicted octanol–water partition coefficient (Wildman–Crippen LogP) is 1.74. The third-order valence-electron chi connectivity index (χ3n) is 4.86. The SMILES string of the molecule is C1CCN(CC2COC(CN3CCCCC3)CO2)CC1. The van der Waals surface area contributed by atoms with Crippen LogP contribution in [0, 0.1) is 0 Å². The maximum atomic E-state index is 6.04. The van der Waals surface area contributed by atoms with Gasteiger partial charge in [0.15, 0.2) is 0 Å². The molecule has 3 fully saturated rings. The van der Waals surface area contributed by atoms with Crippen molar-refractivity contribution in [2.45, 2.75) is 50.7 Å². The molecule has 0 aromatic rings. The van der Waals surface area contributed by atoms with E-state index in [0.29, 0.717) is 12.2 Å². The Morgan fingerprint density at radius 2 is 1.00 bits per heavy atom. The average molecular weight is 282 g/mol. The molecule has 0 saturated carbocycles. The minimum absolute atomic E-state index is 0.297. The van der Waals surface area contributed by atoms with Gasteiger partial charge < -0.3 is 19.3 Å². The minimum atomic E-state index is 0.297. The molecule has 3 heterocycles. The summed E-state index contributed by atoms with van der Waals surface area (Å²) < 4.78 is 12.1. The predicted molar refractivity (Wildman–Crippen MR) is 80.1 cm³/mol. The van der Waals surface area contributed by atoms with E-state index in [1.165, 1.54) is 64.7 Å². The van der Waals surface area contributed by atoms with Crippen LogP contribution in [0.4, 0.5) is 0 Å². The van der Waals surface area contributed by atoms with Crippen LogP contribution in [0.5, 0.6) is 0 Å². The molecule has 0 bridgehead atoms. The highest BCUT2D eigenvalue weighted by molar-refractivity contribution is 4.76. The summed E-state index contributed by atoms with van der Waals surface area (Å²) >= 11 is 0. The van der Waals surface area contributed by atoms with Crippen LogP contribution in [-0.4, -0.2) is 74.5 Å². The summed E-state index contributed by atoms with van der Waals surface area (Å²) in [6.07, 6.45) is 8.80. The van der Waals surface area contributed by atoms with Crippen LogP contribution in [0.2, 0.25) is 0 Å². The van der Waals surface area contributed by atoms with Gasteiger partial charge >= 0.3 is 0 Å². The van der Waals surface area contributed by atoms with Crippen molar-refractivity contribution in [1.82, 2.24) is 9.80 Å². The molecule has 3 saturated heterocycles. The van der Waals surface area contributed by atoms with Gasteiger partial charge in [0.2, 0.25) is 0 Å². The zero-order chi connectivity index (χ0) is 13.6. The molecule has 4 heteroatoms. The van der Waals surface area contributed by atoms with Crippen molar-refractivity contribution in [2.75, 3.05) is 52.5 Å². The Kier molecular flexibility index (Phi) is 5.71. The van der Waals surface area contributed by atoms with Crippen molar-refractivity contribution in [2.24, 2.45) is 0 Å². The first-order valence-electron chi connectivity index (χ1n) is 8.58. The Labute approximate surface area is 123 Å². The summed E-state index contributed by atoms with van der Waals surface area (Å²) in [5, 5.41) is 0. The summed E-state index contributed by atoms with van der Waals surface area (Å²) in [4.78, 5) is 5.09. The van der Waals surface area contributed by atoms with E-state index in [2.05, 4.69) is 9.80 Å². The van der Waals surface area contributed by atoms with Gasteiger partial charge in [-0.3, -0.25) is 0 Å². The largest absolute Gasteiger partial charge is 0.372 e. The van der Waals surface area contributed by atoms with Crippen LogP contribution in [-0.2, 0) is 9.47 Å². The van der Waals surface area contributed by atoms with E-state index in [-0.39, 0.29) is 0 Å². The molecule has 0 radical (unpaired) electrons. The maximum absolute atomic E-state index is 6.04. The van der Waals surface area contributed by atoms with E-state index in [9.17, 15) is 0 Å². The van der Waals surface area contributed by atoms with Gasteiger partial charge in [-0.1, -0.05) is 12.8 Å². The maximum Gasteiger partial charge on any atom is 0.0936 e. The van der Waals surface area contributed by atoms with Crippen LogP contribution in [0.15, 0.2) is 0 Å². The average Bonchev–Trinajstić information content (AvgIpc) is 2.51. The van der Waals surface area contributed by atoms with E-state index >= 15 is 0 Å². The summed E-state index contributed by atoms with van der Waals surface area (Å²) in [5.41, 5.74) is 0. The third-order valence-corrected chi connectivity index (χ3v) is 4.86. The molecule has 2 atom stereocenters. The van der Waals surface area contributed by atoms with Crippen molar-refractivity contribution < 1.29 is 9.47 Å². The number of rotatable bonds is 4. The molecule has 2 unspecified atom stereocenters. The number of nitrogens with zero attached hydrogens (tertiary/aromatic N) is 2. The smallest absolute Gasteiger partial charge is 0.0936 e. The fourth-order valence-electron chi connectivity index (χ4n) is 3.65. The lowest BCUT2D eigenvalue weighted by Gasteiger charge is -2.37. The lowest BCUT2D eigenvalue weighted by Crippen LogP contribution is -2.48. The second kappa shape index (κ2) is 7.74. The molecule has 0 aromatic carbocycles. The first-order chi connectivity index (χ1) is 9.90. The van der Waals surface area contributed by atoms with Crippen LogP contribution in [0.25, 0.3) is 0 Å².